The Morgan fingerprint density at radius 3 is 2.46 bits per heavy atom. The standard InChI is InChI=1S/C28H31N5O2/c1-18(2)25(32-28(35)31-22-13-7-9-19-8-3-4-10-21(19)22)27(34)33-16-14-20(15-17-33)26-29-23-11-5-6-12-24(23)30-26/h3-13,18,20,25H,14-17H2,1-2H3,(H,29,30)(H2,31,32,35). The molecule has 1 aliphatic rings. The van der Waals surface area contributed by atoms with Gasteiger partial charge in [-0.05, 0) is 42.3 Å². The normalized spacial score (nSPS) is 15.5. The van der Waals surface area contributed by atoms with Crippen molar-refractivity contribution in [3.8, 4) is 0 Å². The summed E-state index contributed by atoms with van der Waals surface area (Å²) in [6, 6.07) is 20.8. The van der Waals surface area contributed by atoms with Gasteiger partial charge in [-0.25, -0.2) is 9.78 Å². The van der Waals surface area contributed by atoms with Crippen molar-refractivity contribution in [1.29, 1.82) is 0 Å². The lowest BCUT2D eigenvalue weighted by atomic mass is 9.94. The molecule has 7 nitrogen and oxygen atoms in total. The van der Waals surface area contributed by atoms with Crippen molar-refractivity contribution in [3.05, 3.63) is 72.6 Å². The van der Waals surface area contributed by atoms with Crippen LogP contribution in [0.25, 0.3) is 21.8 Å². The summed E-state index contributed by atoms with van der Waals surface area (Å²) >= 11 is 0. The molecule has 0 spiro atoms. The van der Waals surface area contributed by atoms with E-state index >= 15 is 0 Å². The number of carbonyl (C=O) groups excluding carboxylic acids is 2. The second kappa shape index (κ2) is 9.78. The number of amides is 3. The second-order valence-electron chi connectivity index (χ2n) is 9.59. The van der Waals surface area contributed by atoms with Crippen LogP contribution in [0.15, 0.2) is 66.7 Å². The first-order chi connectivity index (χ1) is 17.0. The number of aromatic amines is 1. The number of urea groups is 1. The number of para-hydroxylation sites is 2. The number of hydrogen-bond acceptors (Lipinski definition) is 3. The highest BCUT2D eigenvalue weighted by molar-refractivity contribution is 6.02. The summed E-state index contributed by atoms with van der Waals surface area (Å²) in [5, 5.41) is 7.88. The summed E-state index contributed by atoms with van der Waals surface area (Å²) in [7, 11) is 0. The second-order valence-corrected chi connectivity index (χ2v) is 9.59. The smallest absolute Gasteiger partial charge is 0.319 e. The van der Waals surface area contributed by atoms with Crippen LogP contribution in [0.1, 0.15) is 38.4 Å². The Morgan fingerprint density at radius 1 is 0.971 bits per heavy atom. The Morgan fingerprint density at radius 2 is 1.69 bits per heavy atom. The van der Waals surface area contributed by atoms with Gasteiger partial charge in [-0.2, -0.15) is 0 Å². The molecule has 1 unspecified atom stereocenters. The number of hydrogen-bond donors (Lipinski definition) is 3. The first kappa shape index (κ1) is 22.9. The molecule has 35 heavy (non-hydrogen) atoms. The minimum Gasteiger partial charge on any atom is -0.342 e. The maximum absolute atomic E-state index is 13.4. The number of rotatable bonds is 5. The highest BCUT2D eigenvalue weighted by atomic mass is 16.2. The molecular formula is C28H31N5O2. The van der Waals surface area contributed by atoms with Crippen molar-refractivity contribution in [2.45, 2.75) is 38.6 Å². The largest absolute Gasteiger partial charge is 0.342 e. The number of piperidine rings is 1. The fraction of sp³-hybridized carbons (Fsp3) is 0.321. The lowest BCUT2D eigenvalue weighted by Gasteiger charge is -2.35. The zero-order valence-electron chi connectivity index (χ0n) is 20.1. The van der Waals surface area contributed by atoms with Crippen LogP contribution in [0.4, 0.5) is 10.5 Å². The van der Waals surface area contributed by atoms with Gasteiger partial charge in [-0.15, -0.1) is 0 Å². The van der Waals surface area contributed by atoms with Gasteiger partial charge in [-0.3, -0.25) is 4.79 Å². The first-order valence-electron chi connectivity index (χ1n) is 12.3. The van der Waals surface area contributed by atoms with Gasteiger partial charge < -0.3 is 20.5 Å². The van der Waals surface area contributed by atoms with E-state index in [2.05, 4.69) is 15.6 Å². The summed E-state index contributed by atoms with van der Waals surface area (Å²) in [5.41, 5.74) is 2.74. The van der Waals surface area contributed by atoms with E-state index in [0.717, 1.165) is 46.2 Å². The average Bonchev–Trinajstić information content (AvgIpc) is 3.31. The number of anilines is 1. The molecular weight excluding hydrogens is 438 g/mol. The molecule has 5 rings (SSSR count). The summed E-state index contributed by atoms with van der Waals surface area (Å²) < 4.78 is 0. The molecule has 0 radical (unpaired) electrons. The number of likely N-dealkylation sites (tertiary alicyclic amines) is 1. The van der Waals surface area contributed by atoms with E-state index in [9.17, 15) is 9.59 Å². The highest BCUT2D eigenvalue weighted by Gasteiger charge is 2.32. The van der Waals surface area contributed by atoms with E-state index in [1.54, 1.807) is 0 Å². The van der Waals surface area contributed by atoms with Crippen molar-refractivity contribution in [3.63, 3.8) is 0 Å². The number of H-pyrrole nitrogens is 1. The number of carbonyl (C=O) groups is 2. The van der Waals surface area contributed by atoms with E-state index in [4.69, 9.17) is 4.98 Å². The highest BCUT2D eigenvalue weighted by Crippen LogP contribution is 2.28. The van der Waals surface area contributed by atoms with Crippen LogP contribution in [-0.2, 0) is 4.79 Å². The topological polar surface area (TPSA) is 90.1 Å². The van der Waals surface area contributed by atoms with E-state index in [1.807, 2.05) is 85.5 Å². The predicted octanol–water partition coefficient (Wildman–Crippen LogP) is 5.27. The van der Waals surface area contributed by atoms with Crippen molar-refractivity contribution >= 4 is 39.4 Å². The zero-order chi connectivity index (χ0) is 24.4. The Balaban J connectivity index is 1.22. The third-order valence-electron chi connectivity index (χ3n) is 6.86. The lowest BCUT2D eigenvalue weighted by molar-refractivity contribution is -0.135. The molecule has 3 amide bonds. The zero-order valence-corrected chi connectivity index (χ0v) is 20.1. The molecule has 0 aliphatic carbocycles. The molecule has 1 aliphatic heterocycles. The van der Waals surface area contributed by atoms with Gasteiger partial charge in [-0.1, -0.05) is 62.4 Å². The quantitative estimate of drug-likeness (QED) is 0.372. The fourth-order valence-corrected chi connectivity index (χ4v) is 4.88. The summed E-state index contributed by atoms with van der Waals surface area (Å²) in [4.78, 5) is 36.3. The van der Waals surface area contributed by atoms with Crippen LogP contribution in [0.3, 0.4) is 0 Å². The predicted molar refractivity (Wildman–Crippen MR) is 139 cm³/mol. The van der Waals surface area contributed by atoms with Crippen LogP contribution in [0, 0.1) is 5.92 Å². The summed E-state index contributed by atoms with van der Waals surface area (Å²) in [6.45, 7) is 5.22. The Bertz CT molecular complexity index is 1320. The van der Waals surface area contributed by atoms with Gasteiger partial charge in [0.15, 0.2) is 0 Å². The van der Waals surface area contributed by atoms with E-state index in [0.29, 0.717) is 19.0 Å². The van der Waals surface area contributed by atoms with E-state index < -0.39 is 6.04 Å². The molecule has 1 atom stereocenters. The van der Waals surface area contributed by atoms with Gasteiger partial charge in [0.05, 0.1) is 16.7 Å². The minimum absolute atomic E-state index is 0.0314. The van der Waals surface area contributed by atoms with Gasteiger partial charge >= 0.3 is 6.03 Å². The molecule has 2 heterocycles. The van der Waals surface area contributed by atoms with Crippen LogP contribution < -0.4 is 10.6 Å². The monoisotopic (exact) mass is 469 g/mol. The maximum atomic E-state index is 13.4. The number of nitrogens with one attached hydrogen (secondary N) is 3. The number of fused-ring (bicyclic) bond motifs is 2. The molecule has 0 bridgehead atoms. The molecule has 0 saturated carbocycles. The molecule has 180 valence electrons. The average molecular weight is 470 g/mol. The van der Waals surface area contributed by atoms with Crippen LogP contribution in [-0.4, -0.2) is 45.9 Å². The molecule has 4 aromatic rings. The Kier molecular flexibility index (Phi) is 6.40. The van der Waals surface area contributed by atoms with Crippen LogP contribution >= 0.6 is 0 Å². The third kappa shape index (κ3) is 4.85. The number of benzene rings is 3. The number of nitrogens with zero attached hydrogens (tertiary/aromatic N) is 2. The van der Waals surface area contributed by atoms with E-state index in [-0.39, 0.29) is 17.9 Å². The van der Waals surface area contributed by atoms with Crippen LogP contribution in [0.5, 0.6) is 0 Å². The molecule has 7 heteroatoms. The van der Waals surface area contributed by atoms with Crippen molar-refractivity contribution in [1.82, 2.24) is 20.2 Å². The van der Waals surface area contributed by atoms with Crippen molar-refractivity contribution < 1.29 is 9.59 Å². The van der Waals surface area contributed by atoms with Gasteiger partial charge in [0.25, 0.3) is 0 Å². The number of imidazole rings is 1. The maximum Gasteiger partial charge on any atom is 0.319 e. The molecule has 1 fully saturated rings. The summed E-state index contributed by atoms with van der Waals surface area (Å²) in [5.74, 6) is 1.22. The minimum atomic E-state index is -0.590. The third-order valence-corrected chi connectivity index (χ3v) is 6.86. The lowest BCUT2D eigenvalue weighted by Crippen LogP contribution is -2.53. The van der Waals surface area contributed by atoms with Gasteiger partial charge in [0.2, 0.25) is 5.91 Å². The van der Waals surface area contributed by atoms with E-state index in [1.165, 1.54) is 0 Å². The van der Waals surface area contributed by atoms with Crippen LogP contribution in [0.2, 0.25) is 0 Å². The SMILES string of the molecule is CC(C)C(NC(=O)Nc1cccc2ccccc12)C(=O)N1CCC(c2nc3ccccc3[nH]2)CC1. The van der Waals surface area contributed by atoms with Crippen molar-refractivity contribution in [2.75, 3.05) is 18.4 Å². The Hall–Kier alpha value is -3.87. The summed E-state index contributed by atoms with van der Waals surface area (Å²) in [6.07, 6.45) is 1.69. The van der Waals surface area contributed by atoms with Gasteiger partial charge in [0.1, 0.15) is 11.9 Å². The van der Waals surface area contributed by atoms with Crippen molar-refractivity contribution in [2.24, 2.45) is 5.92 Å². The molecule has 3 aromatic carbocycles. The Labute approximate surface area is 204 Å². The fourth-order valence-electron chi connectivity index (χ4n) is 4.88. The molecule has 1 aromatic heterocycles. The first-order valence-corrected chi connectivity index (χ1v) is 12.3. The number of aromatic nitrogens is 2. The molecule has 3 N–H and O–H groups in total. The molecule has 1 saturated heterocycles. The van der Waals surface area contributed by atoms with Gasteiger partial charge in [0, 0.05) is 24.4 Å².